The Morgan fingerprint density at radius 3 is 2.92 bits per heavy atom. The van der Waals surface area contributed by atoms with Gasteiger partial charge in [0.2, 0.25) is 0 Å². The summed E-state index contributed by atoms with van der Waals surface area (Å²) < 4.78 is 7.49. The van der Waals surface area contributed by atoms with Gasteiger partial charge in [-0.15, -0.1) is 0 Å². The fraction of sp³-hybridized carbons (Fsp3) is 0.389. The second-order valence-corrected chi connectivity index (χ2v) is 6.28. The van der Waals surface area contributed by atoms with E-state index in [4.69, 9.17) is 4.52 Å². The van der Waals surface area contributed by atoms with Crippen molar-refractivity contribution in [3.05, 3.63) is 54.8 Å². The summed E-state index contributed by atoms with van der Waals surface area (Å²) in [5.74, 6) is 0.916. The van der Waals surface area contributed by atoms with Crippen LogP contribution in [-0.2, 0) is 13.1 Å². The minimum Gasteiger partial charge on any atom is -0.359 e. The van der Waals surface area contributed by atoms with Gasteiger partial charge in [0.1, 0.15) is 18.3 Å². The first-order valence-corrected chi connectivity index (χ1v) is 8.46. The van der Waals surface area contributed by atoms with Crippen LogP contribution in [0.5, 0.6) is 0 Å². The highest BCUT2D eigenvalue weighted by atomic mass is 16.5. The van der Waals surface area contributed by atoms with Crippen LogP contribution in [0.4, 0.5) is 0 Å². The first-order valence-electron chi connectivity index (χ1n) is 8.46. The van der Waals surface area contributed by atoms with Gasteiger partial charge in [-0.25, -0.2) is 4.98 Å². The molecule has 1 aliphatic heterocycles. The van der Waals surface area contributed by atoms with Crippen LogP contribution in [0.15, 0.2) is 53.6 Å². The number of aromatic nitrogens is 4. The molecule has 0 amide bonds. The molecule has 24 heavy (non-hydrogen) atoms. The number of benzene rings is 1. The van der Waals surface area contributed by atoms with Gasteiger partial charge in [0.25, 0.3) is 0 Å². The van der Waals surface area contributed by atoms with E-state index in [-0.39, 0.29) is 0 Å². The van der Waals surface area contributed by atoms with E-state index in [1.807, 2.05) is 22.9 Å². The quantitative estimate of drug-likeness (QED) is 0.722. The number of likely N-dealkylation sites (tertiary alicyclic amines) is 1. The highest BCUT2D eigenvalue weighted by Crippen LogP contribution is 2.23. The number of rotatable bonds is 5. The molecule has 3 aromatic rings. The third-order valence-electron chi connectivity index (χ3n) is 4.60. The van der Waals surface area contributed by atoms with Crippen LogP contribution in [-0.4, -0.2) is 37.4 Å². The minimum absolute atomic E-state index is 0.464. The van der Waals surface area contributed by atoms with E-state index in [1.54, 1.807) is 12.7 Å². The van der Waals surface area contributed by atoms with Gasteiger partial charge in [-0.3, -0.25) is 9.58 Å². The van der Waals surface area contributed by atoms with E-state index in [0.29, 0.717) is 6.04 Å². The van der Waals surface area contributed by atoms with Crippen LogP contribution >= 0.6 is 0 Å². The number of hydrogen-bond acceptors (Lipinski definition) is 5. The molecule has 6 heteroatoms. The third kappa shape index (κ3) is 3.38. The normalized spacial score (nSPS) is 18.8. The fourth-order valence-corrected chi connectivity index (χ4v) is 3.35. The largest absolute Gasteiger partial charge is 0.359 e. The van der Waals surface area contributed by atoms with Gasteiger partial charge in [0.15, 0.2) is 5.76 Å². The molecule has 1 aliphatic rings. The molecule has 0 saturated carbocycles. The van der Waals surface area contributed by atoms with Crippen molar-refractivity contribution in [3.63, 3.8) is 0 Å². The summed E-state index contributed by atoms with van der Waals surface area (Å²) in [6, 6.07) is 12.7. The van der Waals surface area contributed by atoms with Crippen LogP contribution in [0.3, 0.4) is 0 Å². The zero-order chi connectivity index (χ0) is 16.2. The Morgan fingerprint density at radius 1 is 1.17 bits per heavy atom. The van der Waals surface area contributed by atoms with Crippen LogP contribution < -0.4 is 0 Å². The molecule has 0 spiro atoms. The maximum Gasteiger partial charge on any atom is 0.151 e. The molecule has 4 rings (SSSR count). The Morgan fingerprint density at radius 2 is 2.08 bits per heavy atom. The lowest BCUT2D eigenvalue weighted by molar-refractivity contribution is 0.110. The summed E-state index contributed by atoms with van der Waals surface area (Å²) >= 11 is 0. The molecule has 0 aliphatic carbocycles. The molecule has 6 nitrogen and oxygen atoms in total. The molecule has 0 bridgehead atoms. The summed E-state index contributed by atoms with van der Waals surface area (Å²) in [4.78, 5) is 6.51. The van der Waals surface area contributed by atoms with Crippen molar-refractivity contribution in [1.82, 2.24) is 24.8 Å². The summed E-state index contributed by atoms with van der Waals surface area (Å²) in [6.07, 6.45) is 7.05. The van der Waals surface area contributed by atoms with E-state index < -0.39 is 0 Å². The van der Waals surface area contributed by atoms with Gasteiger partial charge < -0.3 is 4.52 Å². The Labute approximate surface area is 141 Å². The van der Waals surface area contributed by atoms with E-state index in [9.17, 15) is 0 Å². The summed E-state index contributed by atoms with van der Waals surface area (Å²) in [6.45, 7) is 2.75. The molecule has 3 heterocycles. The molecule has 1 saturated heterocycles. The SMILES string of the molecule is c1ccc(-c2cc(CN3CCCC[C@H]3Cn3cncn3)on2)cc1. The average Bonchev–Trinajstić information content (AvgIpc) is 3.29. The highest BCUT2D eigenvalue weighted by molar-refractivity contribution is 5.58. The van der Waals surface area contributed by atoms with E-state index in [2.05, 4.69) is 38.3 Å². The maximum atomic E-state index is 5.58. The molecule has 1 fully saturated rings. The summed E-state index contributed by atoms with van der Waals surface area (Å²) in [7, 11) is 0. The standard InChI is InChI=1S/C18H21N5O/c1-2-6-15(7-3-1)18-10-17(24-21-18)12-22-9-5-4-8-16(22)11-23-14-19-13-20-23/h1-3,6-7,10,13-14,16H,4-5,8-9,11-12H2/t16-/m0/s1. The zero-order valence-corrected chi connectivity index (χ0v) is 13.6. The fourth-order valence-electron chi connectivity index (χ4n) is 3.35. The smallest absolute Gasteiger partial charge is 0.151 e. The molecular formula is C18H21N5O. The molecule has 0 radical (unpaired) electrons. The molecule has 1 atom stereocenters. The number of piperidine rings is 1. The Bertz CT molecular complexity index is 753. The first-order chi connectivity index (χ1) is 11.9. The number of hydrogen-bond donors (Lipinski definition) is 0. The van der Waals surface area contributed by atoms with Gasteiger partial charge in [0.05, 0.1) is 13.1 Å². The lowest BCUT2D eigenvalue weighted by Gasteiger charge is -2.34. The molecule has 0 N–H and O–H groups in total. The predicted octanol–water partition coefficient (Wildman–Crippen LogP) is 2.99. The zero-order valence-electron chi connectivity index (χ0n) is 13.6. The Hall–Kier alpha value is -2.47. The lowest BCUT2D eigenvalue weighted by atomic mass is 10.0. The molecule has 1 aromatic carbocycles. The number of nitrogens with zero attached hydrogens (tertiary/aromatic N) is 5. The third-order valence-corrected chi connectivity index (χ3v) is 4.60. The van der Waals surface area contributed by atoms with E-state index in [1.165, 1.54) is 19.3 Å². The molecule has 124 valence electrons. The molecule has 2 aromatic heterocycles. The van der Waals surface area contributed by atoms with Gasteiger partial charge in [-0.05, 0) is 19.4 Å². The highest BCUT2D eigenvalue weighted by Gasteiger charge is 2.24. The Kier molecular flexibility index (Phi) is 4.38. The van der Waals surface area contributed by atoms with E-state index in [0.717, 1.165) is 36.7 Å². The van der Waals surface area contributed by atoms with Crippen molar-refractivity contribution in [2.24, 2.45) is 0 Å². The van der Waals surface area contributed by atoms with Crippen molar-refractivity contribution in [2.45, 2.75) is 38.4 Å². The van der Waals surface area contributed by atoms with Gasteiger partial charge in [0, 0.05) is 17.7 Å². The topological polar surface area (TPSA) is 60.0 Å². The minimum atomic E-state index is 0.464. The molecular weight excluding hydrogens is 302 g/mol. The monoisotopic (exact) mass is 323 g/mol. The van der Waals surface area contributed by atoms with Crippen molar-refractivity contribution in [2.75, 3.05) is 6.54 Å². The molecule has 0 unspecified atom stereocenters. The summed E-state index contributed by atoms with van der Waals surface area (Å²) in [5.41, 5.74) is 1.99. The van der Waals surface area contributed by atoms with Crippen LogP contribution in [0.2, 0.25) is 0 Å². The Balaban J connectivity index is 1.46. The van der Waals surface area contributed by atoms with Gasteiger partial charge in [-0.2, -0.15) is 5.10 Å². The van der Waals surface area contributed by atoms with Crippen molar-refractivity contribution >= 4 is 0 Å². The van der Waals surface area contributed by atoms with Gasteiger partial charge in [-0.1, -0.05) is 41.9 Å². The van der Waals surface area contributed by atoms with Crippen LogP contribution in [0, 0.1) is 0 Å². The maximum absolute atomic E-state index is 5.58. The van der Waals surface area contributed by atoms with E-state index >= 15 is 0 Å². The van der Waals surface area contributed by atoms with Crippen LogP contribution in [0.1, 0.15) is 25.0 Å². The van der Waals surface area contributed by atoms with Crippen molar-refractivity contribution in [3.8, 4) is 11.3 Å². The van der Waals surface area contributed by atoms with Crippen molar-refractivity contribution in [1.29, 1.82) is 0 Å². The van der Waals surface area contributed by atoms with Crippen LogP contribution in [0.25, 0.3) is 11.3 Å². The predicted molar refractivity (Wildman–Crippen MR) is 90.0 cm³/mol. The second kappa shape index (κ2) is 6.97. The first kappa shape index (κ1) is 15.1. The second-order valence-electron chi connectivity index (χ2n) is 6.28. The summed E-state index contributed by atoms with van der Waals surface area (Å²) in [5, 5.41) is 8.46. The van der Waals surface area contributed by atoms with Gasteiger partial charge >= 0.3 is 0 Å². The lowest BCUT2D eigenvalue weighted by Crippen LogP contribution is -2.41. The average molecular weight is 323 g/mol. The van der Waals surface area contributed by atoms with Crippen molar-refractivity contribution < 1.29 is 4.52 Å².